The molecule has 21 heavy (non-hydrogen) atoms. The summed E-state index contributed by atoms with van der Waals surface area (Å²) >= 11 is 6.24. The van der Waals surface area contributed by atoms with Gasteiger partial charge in [-0.2, -0.15) is 0 Å². The second-order valence-corrected chi connectivity index (χ2v) is 6.54. The van der Waals surface area contributed by atoms with E-state index in [1.54, 1.807) is 12.1 Å². The first-order valence-electron chi connectivity index (χ1n) is 7.96. The maximum Gasteiger partial charge on any atom is 0.123 e. The summed E-state index contributed by atoms with van der Waals surface area (Å²) in [5, 5.41) is 4.29. The molecule has 1 aromatic carbocycles. The van der Waals surface area contributed by atoms with Crippen LogP contribution in [0.1, 0.15) is 39.2 Å². The van der Waals surface area contributed by atoms with Crippen molar-refractivity contribution in [2.75, 3.05) is 13.1 Å². The molecule has 1 saturated heterocycles. The molecular formula is C17H26ClFN2. The molecule has 1 N–H and O–H groups in total. The second kappa shape index (κ2) is 7.57. The standard InChI is InChI=1S/C17H26ClFN2/c1-4-12(3)17-9-20-15(5-2)11-21(17)10-13-8-14(19)6-7-16(13)18/h6-8,12,15,17,20H,4-5,9-11H2,1-3H3. The average Bonchev–Trinajstić information content (AvgIpc) is 2.50. The van der Waals surface area contributed by atoms with Gasteiger partial charge in [-0.1, -0.05) is 38.8 Å². The Morgan fingerprint density at radius 3 is 2.86 bits per heavy atom. The lowest BCUT2D eigenvalue weighted by atomic mass is 9.93. The lowest BCUT2D eigenvalue weighted by molar-refractivity contribution is 0.0832. The van der Waals surface area contributed by atoms with Gasteiger partial charge in [-0.05, 0) is 36.1 Å². The normalized spacial score (nSPS) is 25.0. The summed E-state index contributed by atoms with van der Waals surface area (Å²) in [7, 11) is 0. The van der Waals surface area contributed by atoms with Gasteiger partial charge in [0, 0.05) is 36.7 Å². The van der Waals surface area contributed by atoms with Crippen LogP contribution in [0.3, 0.4) is 0 Å². The van der Waals surface area contributed by atoms with Crippen LogP contribution in [0.15, 0.2) is 18.2 Å². The fourth-order valence-electron chi connectivity index (χ4n) is 3.07. The van der Waals surface area contributed by atoms with E-state index in [1.807, 2.05) is 0 Å². The van der Waals surface area contributed by atoms with E-state index in [0.29, 0.717) is 23.0 Å². The third-order valence-corrected chi connectivity index (χ3v) is 5.08. The summed E-state index contributed by atoms with van der Waals surface area (Å²) in [5.41, 5.74) is 0.890. The van der Waals surface area contributed by atoms with E-state index in [4.69, 9.17) is 11.6 Å². The molecule has 118 valence electrons. The maximum absolute atomic E-state index is 13.5. The van der Waals surface area contributed by atoms with Crippen LogP contribution in [0.25, 0.3) is 0 Å². The zero-order chi connectivity index (χ0) is 15.4. The molecule has 0 aliphatic carbocycles. The number of hydrogen-bond acceptors (Lipinski definition) is 2. The maximum atomic E-state index is 13.5. The van der Waals surface area contributed by atoms with Crippen LogP contribution < -0.4 is 5.32 Å². The minimum absolute atomic E-state index is 0.211. The highest BCUT2D eigenvalue weighted by Crippen LogP contribution is 2.25. The molecule has 1 aromatic rings. The molecule has 1 fully saturated rings. The highest BCUT2D eigenvalue weighted by molar-refractivity contribution is 6.31. The van der Waals surface area contributed by atoms with Gasteiger partial charge in [-0.15, -0.1) is 0 Å². The monoisotopic (exact) mass is 312 g/mol. The van der Waals surface area contributed by atoms with Crippen LogP contribution in [-0.4, -0.2) is 30.1 Å². The van der Waals surface area contributed by atoms with Crippen molar-refractivity contribution in [1.29, 1.82) is 0 Å². The van der Waals surface area contributed by atoms with E-state index in [2.05, 4.69) is 31.0 Å². The van der Waals surface area contributed by atoms with Crippen molar-refractivity contribution in [3.63, 3.8) is 0 Å². The van der Waals surface area contributed by atoms with Crippen LogP contribution in [0.4, 0.5) is 4.39 Å². The van der Waals surface area contributed by atoms with Gasteiger partial charge < -0.3 is 5.32 Å². The van der Waals surface area contributed by atoms with Gasteiger partial charge >= 0.3 is 0 Å². The van der Waals surface area contributed by atoms with Crippen molar-refractivity contribution < 1.29 is 4.39 Å². The predicted molar refractivity (Wildman–Crippen MR) is 87.1 cm³/mol. The first-order valence-corrected chi connectivity index (χ1v) is 8.34. The average molecular weight is 313 g/mol. The number of halogens is 2. The molecule has 0 spiro atoms. The van der Waals surface area contributed by atoms with Crippen molar-refractivity contribution in [3.05, 3.63) is 34.6 Å². The quantitative estimate of drug-likeness (QED) is 0.881. The van der Waals surface area contributed by atoms with Crippen molar-refractivity contribution in [1.82, 2.24) is 10.2 Å². The molecule has 0 saturated carbocycles. The minimum Gasteiger partial charge on any atom is -0.311 e. The van der Waals surface area contributed by atoms with E-state index in [0.717, 1.165) is 38.0 Å². The van der Waals surface area contributed by atoms with Gasteiger partial charge in [0.1, 0.15) is 5.82 Å². The van der Waals surface area contributed by atoms with Crippen LogP contribution in [0.5, 0.6) is 0 Å². The molecule has 3 unspecified atom stereocenters. The number of piperazine rings is 1. The zero-order valence-corrected chi connectivity index (χ0v) is 14.0. The smallest absolute Gasteiger partial charge is 0.123 e. The molecular weight excluding hydrogens is 287 g/mol. The number of rotatable bonds is 5. The Hall–Kier alpha value is -0.640. The Kier molecular flexibility index (Phi) is 6.03. The van der Waals surface area contributed by atoms with E-state index in [1.165, 1.54) is 6.07 Å². The zero-order valence-electron chi connectivity index (χ0n) is 13.2. The van der Waals surface area contributed by atoms with Crippen molar-refractivity contribution in [3.8, 4) is 0 Å². The molecule has 0 amide bonds. The fourth-order valence-corrected chi connectivity index (χ4v) is 3.25. The Bertz CT molecular complexity index is 466. The summed E-state index contributed by atoms with van der Waals surface area (Å²) in [6.45, 7) is 9.44. The summed E-state index contributed by atoms with van der Waals surface area (Å²) in [4.78, 5) is 2.47. The molecule has 1 aliphatic heterocycles. The molecule has 3 atom stereocenters. The number of nitrogens with zero attached hydrogens (tertiary/aromatic N) is 1. The fraction of sp³-hybridized carbons (Fsp3) is 0.647. The van der Waals surface area contributed by atoms with Crippen LogP contribution in [0.2, 0.25) is 5.02 Å². The summed E-state index contributed by atoms with van der Waals surface area (Å²) in [6.07, 6.45) is 2.26. The molecule has 2 nitrogen and oxygen atoms in total. The first-order chi connectivity index (χ1) is 10.0. The van der Waals surface area contributed by atoms with Crippen LogP contribution in [-0.2, 0) is 6.54 Å². The van der Waals surface area contributed by atoms with Gasteiger partial charge in [0.05, 0.1) is 0 Å². The Morgan fingerprint density at radius 1 is 1.43 bits per heavy atom. The van der Waals surface area contributed by atoms with E-state index in [9.17, 15) is 4.39 Å². The van der Waals surface area contributed by atoms with Gasteiger partial charge in [0.25, 0.3) is 0 Å². The van der Waals surface area contributed by atoms with Gasteiger partial charge in [-0.3, -0.25) is 4.90 Å². The number of nitrogens with one attached hydrogen (secondary N) is 1. The topological polar surface area (TPSA) is 15.3 Å². The van der Waals surface area contributed by atoms with E-state index >= 15 is 0 Å². The SMILES string of the molecule is CCC1CN(Cc2cc(F)ccc2Cl)C(C(C)CC)CN1. The molecule has 0 radical (unpaired) electrons. The summed E-state index contributed by atoms with van der Waals surface area (Å²) in [5.74, 6) is 0.402. The molecule has 0 aromatic heterocycles. The van der Waals surface area contributed by atoms with E-state index in [-0.39, 0.29) is 5.82 Å². The molecule has 2 rings (SSSR count). The Balaban J connectivity index is 2.17. The Labute approximate surface area is 132 Å². The highest BCUT2D eigenvalue weighted by atomic mass is 35.5. The number of hydrogen-bond donors (Lipinski definition) is 1. The largest absolute Gasteiger partial charge is 0.311 e. The van der Waals surface area contributed by atoms with Crippen molar-refractivity contribution in [2.45, 2.75) is 52.2 Å². The Morgan fingerprint density at radius 2 is 2.19 bits per heavy atom. The van der Waals surface area contributed by atoms with Crippen molar-refractivity contribution in [2.24, 2.45) is 5.92 Å². The molecule has 4 heteroatoms. The summed E-state index contributed by atoms with van der Waals surface area (Å²) < 4.78 is 13.5. The minimum atomic E-state index is -0.211. The van der Waals surface area contributed by atoms with Gasteiger partial charge in [-0.25, -0.2) is 4.39 Å². The third-order valence-electron chi connectivity index (χ3n) is 4.71. The number of benzene rings is 1. The van der Waals surface area contributed by atoms with E-state index < -0.39 is 0 Å². The lowest BCUT2D eigenvalue weighted by Crippen LogP contribution is -2.57. The van der Waals surface area contributed by atoms with Crippen LogP contribution in [0, 0.1) is 11.7 Å². The first kappa shape index (κ1) is 16.7. The van der Waals surface area contributed by atoms with Gasteiger partial charge in [0.2, 0.25) is 0 Å². The molecule has 0 bridgehead atoms. The molecule has 1 heterocycles. The third kappa shape index (κ3) is 4.18. The van der Waals surface area contributed by atoms with Gasteiger partial charge in [0.15, 0.2) is 0 Å². The lowest BCUT2D eigenvalue weighted by Gasteiger charge is -2.43. The van der Waals surface area contributed by atoms with Crippen molar-refractivity contribution >= 4 is 11.6 Å². The second-order valence-electron chi connectivity index (χ2n) is 6.13. The van der Waals surface area contributed by atoms with Crippen LogP contribution >= 0.6 is 11.6 Å². The summed E-state index contributed by atoms with van der Waals surface area (Å²) in [6, 6.07) is 5.64. The highest BCUT2D eigenvalue weighted by Gasteiger charge is 2.30. The predicted octanol–water partition coefficient (Wildman–Crippen LogP) is 4.08. The molecule has 1 aliphatic rings.